The molecule has 2 aromatic rings. The second-order valence-electron chi connectivity index (χ2n) is 5.80. The van der Waals surface area contributed by atoms with E-state index in [1.54, 1.807) is 0 Å². The van der Waals surface area contributed by atoms with E-state index in [2.05, 4.69) is 5.32 Å². The minimum atomic E-state index is -0.269. The number of carbonyl (C=O) groups is 1. The maximum Gasteiger partial charge on any atom is 0.228 e. The van der Waals surface area contributed by atoms with Crippen molar-refractivity contribution in [2.75, 3.05) is 5.32 Å². The van der Waals surface area contributed by atoms with Crippen LogP contribution in [0.5, 0.6) is 5.75 Å². The third-order valence-electron chi connectivity index (χ3n) is 3.92. The number of nitrogens with two attached hydrogens (primary N) is 1. The van der Waals surface area contributed by atoms with Gasteiger partial charge in [0.2, 0.25) is 5.91 Å². The predicted octanol–water partition coefficient (Wildman–Crippen LogP) is 4.17. The van der Waals surface area contributed by atoms with Crippen LogP contribution in [0.4, 0.5) is 5.69 Å². The van der Waals surface area contributed by atoms with Crippen molar-refractivity contribution < 1.29 is 9.53 Å². The van der Waals surface area contributed by atoms with Crippen molar-refractivity contribution in [2.45, 2.75) is 32.9 Å². The van der Waals surface area contributed by atoms with Crippen LogP contribution in [0.1, 0.15) is 32.4 Å². The van der Waals surface area contributed by atoms with Gasteiger partial charge in [-0.15, -0.1) is 12.4 Å². The number of benzene rings is 2. The topological polar surface area (TPSA) is 64.3 Å². The summed E-state index contributed by atoms with van der Waals surface area (Å²) in [6.07, 6.45) is -0.111. The van der Waals surface area contributed by atoms with Crippen molar-refractivity contribution in [1.82, 2.24) is 0 Å². The zero-order valence-electron chi connectivity index (χ0n) is 14.2. The fourth-order valence-corrected chi connectivity index (χ4v) is 2.14. The lowest BCUT2D eigenvalue weighted by Crippen LogP contribution is -2.34. The number of carbonyl (C=O) groups excluding carboxylic acids is 1. The molecular weight excluding hydrogens is 324 g/mol. The van der Waals surface area contributed by atoms with E-state index >= 15 is 0 Å². The van der Waals surface area contributed by atoms with Crippen LogP contribution >= 0.6 is 12.4 Å². The van der Waals surface area contributed by atoms with Crippen LogP contribution in [-0.2, 0) is 4.79 Å². The normalized spacial score (nSPS) is 14.0. The third-order valence-corrected chi connectivity index (χ3v) is 3.92. The lowest BCUT2D eigenvalue weighted by molar-refractivity contribution is -0.119. The molecule has 130 valence electrons. The monoisotopic (exact) mass is 348 g/mol. The number of halogens is 1. The molecule has 0 bridgehead atoms. The summed E-state index contributed by atoms with van der Waals surface area (Å²) in [6, 6.07) is 17.2. The molecule has 0 heterocycles. The second-order valence-corrected chi connectivity index (χ2v) is 5.80. The summed E-state index contributed by atoms with van der Waals surface area (Å²) in [7, 11) is 0. The van der Waals surface area contributed by atoms with E-state index in [4.69, 9.17) is 10.5 Å². The Bertz CT molecular complexity index is 647. The smallest absolute Gasteiger partial charge is 0.228 e. The number of ether oxygens (including phenoxy) is 1. The maximum atomic E-state index is 12.2. The van der Waals surface area contributed by atoms with Crippen LogP contribution in [0, 0.1) is 5.92 Å². The minimum Gasteiger partial charge on any atom is -0.484 e. The Morgan fingerprint density at radius 2 is 1.58 bits per heavy atom. The summed E-state index contributed by atoms with van der Waals surface area (Å²) in [5.74, 6) is 0.270. The summed E-state index contributed by atoms with van der Waals surface area (Å²) in [5.41, 5.74) is 7.53. The molecule has 24 heavy (non-hydrogen) atoms. The van der Waals surface area contributed by atoms with E-state index in [-0.39, 0.29) is 36.4 Å². The van der Waals surface area contributed by atoms with E-state index < -0.39 is 0 Å². The quantitative estimate of drug-likeness (QED) is 0.823. The van der Waals surface area contributed by atoms with Crippen LogP contribution in [0.2, 0.25) is 0 Å². The molecule has 1 amide bonds. The Labute approximate surface area is 149 Å². The Morgan fingerprint density at radius 1 is 1.00 bits per heavy atom. The average Bonchev–Trinajstić information content (AvgIpc) is 2.56. The zero-order valence-corrected chi connectivity index (χ0v) is 15.0. The molecule has 0 aliphatic rings. The molecule has 2 rings (SSSR count). The van der Waals surface area contributed by atoms with Crippen LogP contribution in [0.25, 0.3) is 0 Å². The SMILES string of the molecule is CC(Oc1ccccc1NC(=O)C(C)C(C)N)c1ccccc1.Cl. The van der Waals surface area contributed by atoms with Gasteiger partial charge in [-0.2, -0.15) is 0 Å². The molecule has 0 radical (unpaired) electrons. The molecule has 0 spiro atoms. The molecule has 0 fully saturated rings. The van der Waals surface area contributed by atoms with Gasteiger partial charge in [0.1, 0.15) is 11.9 Å². The van der Waals surface area contributed by atoms with E-state index in [1.807, 2.05) is 75.4 Å². The van der Waals surface area contributed by atoms with Crippen molar-refractivity contribution in [3.05, 3.63) is 60.2 Å². The minimum absolute atomic E-state index is 0. The molecule has 0 aliphatic heterocycles. The van der Waals surface area contributed by atoms with Gasteiger partial charge in [0.15, 0.2) is 0 Å². The van der Waals surface area contributed by atoms with E-state index in [0.717, 1.165) is 5.56 Å². The van der Waals surface area contributed by atoms with Crippen molar-refractivity contribution >= 4 is 24.0 Å². The molecule has 0 aromatic heterocycles. The average molecular weight is 349 g/mol. The molecule has 0 saturated heterocycles. The highest BCUT2D eigenvalue weighted by Gasteiger charge is 2.19. The Balaban J connectivity index is 0.00000288. The number of hydrogen-bond donors (Lipinski definition) is 2. The Hall–Kier alpha value is -2.04. The van der Waals surface area contributed by atoms with Gasteiger partial charge in [-0.3, -0.25) is 4.79 Å². The van der Waals surface area contributed by atoms with Crippen molar-refractivity contribution in [1.29, 1.82) is 0 Å². The lowest BCUT2D eigenvalue weighted by Gasteiger charge is -2.20. The van der Waals surface area contributed by atoms with E-state index in [9.17, 15) is 4.79 Å². The van der Waals surface area contributed by atoms with Gasteiger partial charge in [0.25, 0.3) is 0 Å². The molecule has 5 heteroatoms. The number of nitrogens with one attached hydrogen (secondary N) is 1. The van der Waals surface area contributed by atoms with Gasteiger partial charge in [-0.05, 0) is 31.5 Å². The first-order valence-corrected chi connectivity index (χ1v) is 7.86. The maximum absolute atomic E-state index is 12.2. The van der Waals surface area contributed by atoms with Crippen molar-refractivity contribution in [2.24, 2.45) is 11.7 Å². The highest BCUT2D eigenvalue weighted by Crippen LogP contribution is 2.29. The van der Waals surface area contributed by atoms with Gasteiger partial charge in [0.05, 0.1) is 11.6 Å². The van der Waals surface area contributed by atoms with E-state index in [1.165, 1.54) is 0 Å². The summed E-state index contributed by atoms with van der Waals surface area (Å²) in [4.78, 5) is 12.2. The fraction of sp³-hybridized carbons (Fsp3) is 0.316. The second kappa shape index (κ2) is 9.30. The summed E-state index contributed by atoms with van der Waals surface area (Å²) in [5, 5.41) is 2.90. The molecule has 2 aromatic carbocycles. The van der Waals surface area contributed by atoms with Crippen LogP contribution in [-0.4, -0.2) is 11.9 Å². The molecule has 0 saturated carbocycles. The highest BCUT2D eigenvalue weighted by molar-refractivity contribution is 5.94. The number of amides is 1. The van der Waals surface area contributed by atoms with Gasteiger partial charge in [-0.25, -0.2) is 0 Å². The third kappa shape index (κ3) is 5.25. The van der Waals surface area contributed by atoms with Gasteiger partial charge in [0, 0.05) is 6.04 Å². The molecule has 3 N–H and O–H groups in total. The van der Waals surface area contributed by atoms with E-state index in [0.29, 0.717) is 11.4 Å². The Kier molecular flexibility index (Phi) is 7.75. The standard InChI is InChI=1S/C19H24N2O2.ClH/c1-13(14(2)20)19(22)21-17-11-7-8-12-18(17)23-15(3)16-9-5-4-6-10-16;/h4-15H,20H2,1-3H3,(H,21,22);1H. The Morgan fingerprint density at radius 3 is 2.21 bits per heavy atom. The molecule has 4 nitrogen and oxygen atoms in total. The van der Waals surface area contributed by atoms with Crippen LogP contribution in [0.15, 0.2) is 54.6 Å². The molecular formula is C19H25ClN2O2. The van der Waals surface area contributed by atoms with Crippen molar-refractivity contribution in [3.63, 3.8) is 0 Å². The molecule has 3 unspecified atom stereocenters. The largest absolute Gasteiger partial charge is 0.484 e. The molecule has 3 atom stereocenters. The number of hydrogen-bond acceptors (Lipinski definition) is 3. The fourth-order valence-electron chi connectivity index (χ4n) is 2.14. The van der Waals surface area contributed by atoms with Crippen LogP contribution < -0.4 is 15.8 Å². The van der Waals surface area contributed by atoms with Gasteiger partial charge >= 0.3 is 0 Å². The van der Waals surface area contributed by atoms with Gasteiger partial charge in [-0.1, -0.05) is 49.4 Å². The molecule has 0 aliphatic carbocycles. The first-order valence-electron chi connectivity index (χ1n) is 7.86. The summed E-state index contributed by atoms with van der Waals surface area (Å²) < 4.78 is 6.03. The number of rotatable bonds is 6. The first-order chi connectivity index (χ1) is 11.0. The number of anilines is 1. The number of para-hydroxylation sites is 2. The predicted molar refractivity (Wildman–Crippen MR) is 101 cm³/mol. The first kappa shape index (κ1) is 20.0. The summed E-state index contributed by atoms with van der Waals surface area (Å²) >= 11 is 0. The highest BCUT2D eigenvalue weighted by atomic mass is 35.5. The zero-order chi connectivity index (χ0) is 16.8. The van der Waals surface area contributed by atoms with Gasteiger partial charge < -0.3 is 15.8 Å². The lowest BCUT2D eigenvalue weighted by atomic mass is 10.0. The van der Waals surface area contributed by atoms with Crippen molar-refractivity contribution in [3.8, 4) is 5.75 Å². The van der Waals surface area contributed by atoms with Crippen LogP contribution in [0.3, 0.4) is 0 Å². The summed E-state index contributed by atoms with van der Waals surface area (Å²) in [6.45, 7) is 5.62.